The van der Waals surface area contributed by atoms with E-state index < -0.39 is 0 Å². The summed E-state index contributed by atoms with van der Waals surface area (Å²) in [4.78, 5) is 42.7. The van der Waals surface area contributed by atoms with Crippen LogP contribution in [0.1, 0.15) is 62.9 Å². The smallest absolute Gasteiger partial charge is 0.225 e. The third-order valence-corrected chi connectivity index (χ3v) is 12.2. The fourth-order valence-corrected chi connectivity index (χ4v) is 8.92. The molecule has 0 saturated carbocycles. The van der Waals surface area contributed by atoms with Crippen LogP contribution in [-0.2, 0) is 35.3 Å². The third kappa shape index (κ3) is 10.2. The molecule has 10 rings (SSSR count). The van der Waals surface area contributed by atoms with Crippen molar-refractivity contribution >= 4 is 33.6 Å². The zero-order chi connectivity index (χ0) is 46.8. The average molecular weight is 894 g/mol. The lowest BCUT2D eigenvalue weighted by molar-refractivity contribution is -0.122. The molecule has 0 saturated heterocycles. The number of nitrogens with zero attached hydrogens (tertiary/aromatic N) is 5. The number of hydrogen-bond donors (Lipinski definition) is 4. The van der Waals surface area contributed by atoms with Gasteiger partial charge in [-0.05, 0) is 97.5 Å². The van der Waals surface area contributed by atoms with Crippen molar-refractivity contribution in [3.63, 3.8) is 0 Å². The highest BCUT2D eigenvalue weighted by Crippen LogP contribution is 2.27. The number of rotatable bonds is 14. The molecule has 6 aromatic carbocycles. The van der Waals surface area contributed by atoms with Crippen molar-refractivity contribution in [1.82, 2.24) is 39.7 Å². The first-order valence-electron chi connectivity index (χ1n) is 22.7. The summed E-state index contributed by atoms with van der Waals surface area (Å²) in [6.45, 7) is 4.02. The summed E-state index contributed by atoms with van der Waals surface area (Å²) in [5, 5.41) is 17.8. The highest BCUT2D eigenvalue weighted by Gasteiger charge is 2.24. The summed E-state index contributed by atoms with van der Waals surface area (Å²) in [5.41, 5.74) is 10.9. The molecule has 11 nitrogen and oxygen atoms in total. The lowest BCUT2D eigenvalue weighted by atomic mass is 10.0. The predicted molar refractivity (Wildman–Crippen MR) is 267 cm³/mol. The molecule has 0 aliphatic carbocycles. The zero-order valence-corrected chi connectivity index (χ0v) is 37.9. The summed E-state index contributed by atoms with van der Waals surface area (Å²) >= 11 is 0. The highest BCUT2D eigenvalue weighted by molar-refractivity contribution is 5.91. The Balaban J connectivity index is 0.000000170. The molecule has 4 heterocycles. The SMILES string of the molecule is Cc1[nH]c2ccccc2c1CC(=O)N[C@@H](Cc1ccccc1)c1nccn1-c1ccc(C#N)cc1.Cc1[nH]c2ccccc2c1CC(=O)N[C@@H](Cc1ccccc1)c1nccn1-c1ccccc1. The number of H-pyrrole nitrogens is 2. The molecule has 2 amide bonds. The Morgan fingerprint density at radius 3 is 1.38 bits per heavy atom. The summed E-state index contributed by atoms with van der Waals surface area (Å²) in [6.07, 6.45) is 9.20. The van der Waals surface area contributed by atoms with Gasteiger partial charge in [0.15, 0.2) is 0 Å². The van der Waals surface area contributed by atoms with Gasteiger partial charge in [0.05, 0.1) is 36.6 Å². The van der Waals surface area contributed by atoms with Crippen molar-refractivity contribution in [3.8, 4) is 17.4 Å². The number of fused-ring (bicyclic) bond motifs is 2. The van der Waals surface area contributed by atoms with Crippen molar-refractivity contribution < 1.29 is 9.59 Å². The summed E-state index contributed by atoms with van der Waals surface area (Å²) in [6, 6.07) is 55.4. The van der Waals surface area contributed by atoms with Crippen LogP contribution in [0.5, 0.6) is 0 Å². The maximum absolute atomic E-state index is 13.3. The van der Waals surface area contributed by atoms with Gasteiger partial charge in [-0.2, -0.15) is 5.26 Å². The maximum Gasteiger partial charge on any atom is 0.225 e. The molecule has 10 aromatic rings. The monoisotopic (exact) mass is 893 g/mol. The van der Waals surface area contributed by atoms with Crippen molar-refractivity contribution in [2.45, 2.75) is 51.6 Å². The first-order chi connectivity index (χ1) is 33.3. The first-order valence-corrected chi connectivity index (χ1v) is 22.7. The van der Waals surface area contributed by atoms with Gasteiger partial charge in [-0.15, -0.1) is 0 Å². The molecule has 336 valence electrons. The molecule has 0 bridgehead atoms. The Hall–Kier alpha value is -8.75. The van der Waals surface area contributed by atoms with E-state index in [0.29, 0.717) is 24.8 Å². The molecule has 0 unspecified atom stereocenters. The molecule has 68 heavy (non-hydrogen) atoms. The minimum Gasteiger partial charge on any atom is -0.358 e. The molecule has 2 atom stereocenters. The lowest BCUT2D eigenvalue weighted by Gasteiger charge is -2.20. The number of nitrogens with one attached hydrogen (secondary N) is 4. The quantitative estimate of drug-likeness (QED) is 0.0858. The number of carbonyl (C=O) groups is 2. The lowest BCUT2D eigenvalue weighted by Crippen LogP contribution is -2.33. The Morgan fingerprint density at radius 1 is 0.544 bits per heavy atom. The largest absolute Gasteiger partial charge is 0.358 e. The number of benzene rings is 6. The first kappa shape index (κ1) is 44.5. The van der Waals surface area contributed by atoms with E-state index in [1.165, 1.54) is 0 Å². The Kier molecular flexibility index (Phi) is 13.5. The van der Waals surface area contributed by atoms with Gasteiger partial charge in [-0.3, -0.25) is 9.59 Å². The van der Waals surface area contributed by atoms with Crippen LogP contribution in [0.2, 0.25) is 0 Å². The van der Waals surface area contributed by atoms with Crippen LogP contribution in [0.15, 0.2) is 189 Å². The summed E-state index contributed by atoms with van der Waals surface area (Å²) in [7, 11) is 0. The van der Waals surface area contributed by atoms with Crippen molar-refractivity contribution in [1.29, 1.82) is 5.26 Å². The number of carbonyl (C=O) groups excluding carboxylic acids is 2. The van der Waals surface area contributed by atoms with Gasteiger partial charge < -0.3 is 29.7 Å². The van der Waals surface area contributed by atoms with Crippen LogP contribution in [0.3, 0.4) is 0 Å². The standard InChI is InChI=1S/C29H25N5O.C28H26N4O/c1-20-25(24-9-5-6-10-26(24)32-20)18-28(35)33-27(17-21-7-3-2-4-8-21)29-31-15-16-34(29)23-13-11-22(19-30)12-14-23;1-20-24(23-14-8-9-15-25(23)30-20)19-27(33)31-26(18-21-10-4-2-5-11-21)28-29-16-17-32(28)22-12-6-3-7-13-22/h2-16,27,32H,17-18H2,1H3,(H,33,35);2-17,26,30H,18-19H2,1H3,(H,31,33)/t27-;26-/m00/s1. The molecule has 4 N–H and O–H groups in total. The van der Waals surface area contributed by atoms with E-state index in [0.717, 1.165) is 78.5 Å². The van der Waals surface area contributed by atoms with Crippen molar-refractivity contribution in [2.24, 2.45) is 0 Å². The topological polar surface area (TPSA) is 149 Å². The zero-order valence-electron chi connectivity index (χ0n) is 37.9. The number of nitriles is 1. The van der Waals surface area contributed by atoms with Crippen molar-refractivity contribution in [3.05, 3.63) is 239 Å². The van der Waals surface area contributed by atoms with Crippen LogP contribution in [0, 0.1) is 25.2 Å². The van der Waals surface area contributed by atoms with E-state index in [1.54, 1.807) is 24.5 Å². The van der Waals surface area contributed by atoms with E-state index in [-0.39, 0.29) is 30.3 Å². The van der Waals surface area contributed by atoms with Crippen LogP contribution in [0.25, 0.3) is 33.2 Å². The maximum atomic E-state index is 13.3. The number of imidazole rings is 2. The molecule has 4 aromatic heterocycles. The number of amides is 2. The van der Waals surface area contributed by atoms with Crippen LogP contribution in [0.4, 0.5) is 0 Å². The van der Waals surface area contributed by atoms with Gasteiger partial charge >= 0.3 is 0 Å². The number of aromatic nitrogens is 6. The normalized spacial score (nSPS) is 11.9. The van der Waals surface area contributed by atoms with Gasteiger partial charge in [0.1, 0.15) is 11.6 Å². The van der Waals surface area contributed by atoms with E-state index in [9.17, 15) is 9.59 Å². The highest BCUT2D eigenvalue weighted by atomic mass is 16.2. The molecular weight excluding hydrogens is 843 g/mol. The fraction of sp³-hybridized carbons (Fsp3) is 0.140. The van der Waals surface area contributed by atoms with Crippen LogP contribution >= 0.6 is 0 Å². The fourth-order valence-electron chi connectivity index (χ4n) is 8.92. The predicted octanol–water partition coefficient (Wildman–Crippen LogP) is 10.5. The average Bonchev–Trinajstić information content (AvgIpc) is 4.19. The number of para-hydroxylation sites is 3. The van der Waals surface area contributed by atoms with Gasteiger partial charge in [-0.1, -0.05) is 115 Å². The van der Waals surface area contributed by atoms with E-state index in [2.05, 4.69) is 67.0 Å². The molecule has 0 radical (unpaired) electrons. The number of aryl methyl sites for hydroxylation is 2. The summed E-state index contributed by atoms with van der Waals surface area (Å²) in [5.74, 6) is 1.47. The van der Waals surface area contributed by atoms with Gasteiger partial charge in [-0.25, -0.2) is 9.97 Å². The van der Waals surface area contributed by atoms with Gasteiger partial charge in [0.2, 0.25) is 11.8 Å². The number of aromatic amines is 2. The van der Waals surface area contributed by atoms with Crippen molar-refractivity contribution in [2.75, 3.05) is 0 Å². The molecular formula is C57H51N9O2. The third-order valence-electron chi connectivity index (χ3n) is 12.2. The Labute approximate surface area is 395 Å². The van der Waals surface area contributed by atoms with Crippen LogP contribution < -0.4 is 10.6 Å². The second kappa shape index (κ2) is 20.6. The minimum atomic E-state index is -0.332. The molecule has 0 aliphatic rings. The number of hydrogen-bond acceptors (Lipinski definition) is 5. The van der Waals surface area contributed by atoms with E-state index in [1.807, 2.05) is 157 Å². The molecule has 0 aliphatic heterocycles. The summed E-state index contributed by atoms with van der Waals surface area (Å²) < 4.78 is 4.01. The van der Waals surface area contributed by atoms with Gasteiger partial charge in [0, 0.05) is 69.4 Å². The molecule has 0 spiro atoms. The second-order valence-electron chi connectivity index (χ2n) is 16.8. The van der Waals surface area contributed by atoms with Crippen LogP contribution in [-0.4, -0.2) is 40.9 Å². The second-order valence-corrected chi connectivity index (χ2v) is 16.8. The minimum absolute atomic E-state index is 0.0219. The van der Waals surface area contributed by atoms with E-state index >= 15 is 0 Å². The molecule has 0 fully saturated rings. The Morgan fingerprint density at radius 2 is 0.941 bits per heavy atom. The van der Waals surface area contributed by atoms with Gasteiger partial charge in [0.25, 0.3) is 0 Å². The molecule has 11 heteroatoms. The Bertz CT molecular complexity index is 3320. The van der Waals surface area contributed by atoms with E-state index in [4.69, 9.17) is 5.26 Å².